The van der Waals surface area contributed by atoms with Crippen LogP contribution in [0.3, 0.4) is 0 Å². The van der Waals surface area contributed by atoms with Gasteiger partial charge in [-0.15, -0.1) is 0 Å². The van der Waals surface area contributed by atoms with E-state index in [9.17, 15) is 4.79 Å². The molecule has 2 heterocycles. The maximum Gasteiger partial charge on any atom is 0.247 e. The SMILES string of the molecule is O=C1NCN(c2ccccc2)C12CCN([C@@H]1CCCCC[C@@H]1c1ccccc1)CC2. The Morgan fingerprint density at radius 2 is 1.50 bits per heavy atom. The number of likely N-dealkylation sites (tertiary alicyclic amines) is 1. The predicted octanol–water partition coefficient (Wildman–Crippen LogP) is 4.53. The van der Waals surface area contributed by atoms with E-state index < -0.39 is 0 Å². The lowest BCUT2D eigenvalue weighted by atomic mass is 9.81. The quantitative estimate of drug-likeness (QED) is 0.765. The third-order valence-corrected chi connectivity index (χ3v) is 7.71. The molecule has 1 aliphatic carbocycles. The fraction of sp³-hybridized carbons (Fsp3) is 0.500. The van der Waals surface area contributed by atoms with Crippen LogP contribution in [0.15, 0.2) is 60.7 Å². The number of hydrogen-bond donors (Lipinski definition) is 1. The van der Waals surface area contributed by atoms with Crippen molar-refractivity contribution < 1.29 is 4.79 Å². The van der Waals surface area contributed by atoms with Gasteiger partial charge in [0.05, 0.1) is 6.67 Å². The summed E-state index contributed by atoms with van der Waals surface area (Å²) in [5.74, 6) is 0.830. The molecule has 0 unspecified atom stereocenters. The molecule has 30 heavy (non-hydrogen) atoms. The first-order chi connectivity index (χ1) is 14.8. The predicted molar refractivity (Wildman–Crippen MR) is 122 cm³/mol. The van der Waals surface area contributed by atoms with Crippen molar-refractivity contribution in [2.24, 2.45) is 0 Å². The van der Waals surface area contributed by atoms with E-state index in [1.54, 1.807) is 0 Å². The van der Waals surface area contributed by atoms with Gasteiger partial charge in [0.25, 0.3) is 0 Å². The van der Waals surface area contributed by atoms with Crippen molar-refractivity contribution in [2.45, 2.75) is 62.4 Å². The van der Waals surface area contributed by atoms with Crippen LogP contribution in [0.5, 0.6) is 0 Å². The van der Waals surface area contributed by atoms with Gasteiger partial charge in [0, 0.05) is 24.8 Å². The summed E-state index contributed by atoms with van der Waals surface area (Å²) < 4.78 is 0. The lowest BCUT2D eigenvalue weighted by Crippen LogP contribution is -2.58. The first-order valence-electron chi connectivity index (χ1n) is 11.7. The summed E-state index contributed by atoms with van der Waals surface area (Å²) in [5.41, 5.74) is 2.26. The van der Waals surface area contributed by atoms with Crippen molar-refractivity contribution in [1.82, 2.24) is 10.2 Å². The van der Waals surface area contributed by atoms with E-state index in [-0.39, 0.29) is 11.4 Å². The Kier molecular flexibility index (Phi) is 5.51. The number of carbonyl (C=O) groups is 1. The highest BCUT2D eigenvalue weighted by atomic mass is 16.2. The number of anilines is 1. The topological polar surface area (TPSA) is 35.6 Å². The van der Waals surface area contributed by atoms with Gasteiger partial charge in [0.2, 0.25) is 5.91 Å². The van der Waals surface area contributed by atoms with Gasteiger partial charge >= 0.3 is 0 Å². The molecule has 2 atom stereocenters. The average Bonchev–Trinajstić information content (AvgIpc) is 2.96. The number of hydrogen-bond acceptors (Lipinski definition) is 3. The van der Waals surface area contributed by atoms with Gasteiger partial charge in [0.1, 0.15) is 5.54 Å². The molecule has 0 aromatic heterocycles. The lowest BCUT2D eigenvalue weighted by molar-refractivity contribution is -0.125. The number of nitrogens with one attached hydrogen (secondary N) is 1. The summed E-state index contributed by atoms with van der Waals surface area (Å²) in [6.07, 6.45) is 8.39. The second-order valence-corrected chi connectivity index (χ2v) is 9.22. The highest BCUT2D eigenvalue weighted by molar-refractivity contribution is 5.93. The number of amides is 1. The van der Waals surface area contributed by atoms with Crippen molar-refractivity contribution in [3.05, 3.63) is 66.2 Å². The van der Waals surface area contributed by atoms with Crippen LogP contribution in [-0.4, -0.2) is 42.1 Å². The summed E-state index contributed by atoms with van der Waals surface area (Å²) in [6, 6.07) is 22.2. The van der Waals surface area contributed by atoms with Gasteiger partial charge in [-0.1, -0.05) is 67.8 Å². The van der Waals surface area contributed by atoms with Gasteiger partial charge in [-0.3, -0.25) is 9.69 Å². The highest BCUT2D eigenvalue weighted by Crippen LogP contribution is 2.40. The molecule has 5 rings (SSSR count). The Labute approximate surface area is 180 Å². The standard InChI is InChI=1S/C26H33N3O/c30-25-26(29(20-27-25)22-12-6-2-7-13-22)16-18-28(19-17-26)24-15-9-3-8-14-23(24)21-10-4-1-5-11-21/h1-2,4-7,10-13,23-24H,3,8-9,14-20H2,(H,27,30)/t23-,24-/m1/s1. The van der Waals surface area contributed by atoms with Crippen LogP contribution in [0.25, 0.3) is 0 Å². The number of nitrogens with zero attached hydrogens (tertiary/aromatic N) is 2. The van der Waals surface area contributed by atoms with Crippen molar-refractivity contribution >= 4 is 11.6 Å². The van der Waals surface area contributed by atoms with Gasteiger partial charge in [-0.05, 0) is 49.3 Å². The molecule has 0 bridgehead atoms. The van der Waals surface area contributed by atoms with Crippen LogP contribution in [0.2, 0.25) is 0 Å². The first-order valence-corrected chi connectivity index (χ1v) is 11.7. The zero-order valence-corrected chi connectivity index (χ0v) is 17.8. The Morgan fingerprint density at radius 1 is 0.833 bits per heavy atom. The molecule has 1 N–H and O–H groups in total. The maximum absolute atomic E-state index is 13.0. The average molecular weight is 404 g/mol. The van der Waals surface area contributed by atoms with Crippen LogP contribution in [0.4, 0.5) is 5.69 Å². The first kappa shape index (κ1) is 19.6. The number of para-hydroxylation sites is 1. The Bertz CT molecular complexity index is 845. The van der Waals surface area contributed by atoms with E-state index in [0.717, 1.165) is 31.6 Å². The molecule has 1 amide bonds. The Hall–Kier alpha value is -2.33. The summed E-state index contributed by atoms with van der Waals surface area (Å²) in [4.78, 5) is 18.0. The lowest BCUT2D eigenvalue weighted by Gasteiger charge is -2.47. The van der Waals surface area contributed by atoms with Crippen molar-refractivity contribution in [2.75, 3.05) is 24.7 Å². The Morgan fingerprint density at radius 3 is 2.23 bits per heavy atom. The summed E-state index contributed by atoms with van der Waals surface area (Å²) in [5, 5.41) is 3.14. The normalized spacial score (nSPS) is 27.1. The number of piperidine rings is 1. The molecule has 4 nitrogen and oxygen atoms in total. The smallest absolute Gasteiger partial charge is 0.247 e. The summed E-state index contributed by atoms with van der Waals surface area (Å²) in [6.45, 7) is 2.63. The van der Waals surface area contributed by atoms with E-state index in [1.807, 2.05) is 6.07 Å². The molecule has 3 fully saturated rings. The third-order valence-electron chi connectivity index (χ3n) is 7.71. The van der Waals surface area contributed by atoms with E-state index >= 15 is 0 Å². The van der Waals surface area contributed by atoms with Gasteiger partial charge in [0.15, 0.2) is 0 Å². The van der Waals surface area contributed by atoms with Crippen LogP contribution in [-0.2, 0) is 4.79 Å². The van der Waals surface area contributed by atoms with E-state index in [1.165, 1.54) is 37.7 Å². The molecule has 2 aromatic rings. The van der Waals surface area contributed by atoms with Gasteiger partial charge < -0.3 is 10.2 Å². The molecule has 158 valence electrons. The zero-order valence-electron chi connectivity index (χ0n) is 17.8. The molecule has 2 saturated heterocycles. The fourth-order valence-electron chi connectivity index (χ4n) is 6.07. The molecule has 0 radical (unpaired) electrons. The number of carbonyl (C=O) groups excluding carboxylic acids is 1. The van der Waals surface area contributed by atoms with Crippen LogP contribution < -0.4 is 10.2 Å². The minimum atomic E-state index is -0.384. The second-order valence-electron chi connectivity index (χ2n) is 9.22. The largest absolute Gasteiger partial charge is 0.339 e. The Balaban J connectivity index is 1.35. The van der Waals surface area contributed by atoms with Crippen LogP contribution in [0.1, 0.15) is 56.4 Å². The number of benzene rings is 2. The monoisotopic (exact) mass is 403 g/mol. The molecule has 2 aromatic carbocycles. The van der Waals surface area contributed by atoms with Gasteiger partial charge in [-0.25, -0.2) is 0 Å². The minimum absolute atomic E-state index is 0.214. The summed E-state index contributed by atoms with van der Waals surface area (Å²) in [7, 11) is 0. The van der Waals surface area contributed by atoms with Crippen LogP contribution in [0, 0.1) is 0 Å². The fourth-order valence-corrected chi connectivity index (χ4v) is 6.07. The minimum Gasteiger partial charge on any atom is -0.339 e. The van der Waals surface area contributed by atoms with Crippen molar-refractivity contribution in [1.29, 1.82) is 0 Å². The molecule has 4 heteroatoms. The van der Waals surface area contributed by atoms with E-state index in [2.05, 4.69) is 69.7 Å². The molecule has 1 spiro atoms. The van der Waals surface area contributed by atoms with Crippen LogP contribution >= 0.6 is 0 Å². The van der Waals surface area contributed by atoms with E-state index in [4.69, 9.17) is 0 Å². The maximum atomic E-state index is 13.0. The highest BCUT2D eigenvalue weighted by Gasteiger charge is 2.51. The third kappa shape index (κ3) is 3.51. The van der Waals surface area contributed by atoms with Crippen molar-refractivity contribution in [3.63, 3.8) is 0 Å². The molecular weight excluding hydrogens is 370 g/mol. The zero-order chi connectivity index (χ0) is 20.4. The second kappa shape index (κ2) is 8.43. The summed E-state index contributed by atoms with van der Waals surface area (Å²) >= 11 is 0. The van der Waals surface area contributed by atoms with E-state index in [0.29, 0.717) is 18.6 Å². The number of rotatable bonds is 3. The molecule has 1 saturated carbocycles. The molecule has 3 aliphatic rings. The molecule has 2 aliphatic heterocycles. The molecular formula is C26H33N3O. The van der Waals surface area contributed by atoms with Gasteiger partial charge in [-0.2, -0.15) is 0 Å². The van der Waals surface area contributed by atoms with Crippen molar-refractivity contribution in [3.8, 4) is 0 Å².